The van der Waals surface area contributed by atoms with Crippen molar-refractivity contribution in [2.45, 2.75) is 9.79 Å². The van der Waals surface area contributed by atoms with Crippen molar-refractivity contribution in [2.24, 2.45) is 4.99 Å². The van der Waals surface area contributed by atoms with Gasteiger partial charge in [-0.25, -0.2) is 13.4 Å². The Balaban J connectivity index is 2.48. The third kappa shape index (κ3) is 1.57. The zero-order valence-corrected chi connectivity index (χ0v) is 10.7. The lowest BCUT2D eigenvalue weighted by atomic mass is 10.2. The van der Waals surface area contributed by atoms with Crippen LogP contribution in [0.3, 0.4) is 0 Å². The van der Waals surface area contributed by atoms with Gasteiger partial charge in [-0.05, 0) is 18.2 Å². The van der Waals surface area contributed by atoms with E-state index < -0.39 is 9.84 Å². The molecule has 3 rings (SSSR count). The van der Waals surface area contributed by atoms with E-state index in [1.54, 1.807) is 48.5 Å². The second kappa shape index (κ2) is 3.93. The number of aliphatic imine (C=N–C) groups is 1. The summed E-state index contributed by atoms with van der Waals surface area (Å²) >= 11 is 6.09. The quantitative estimate of drug-likeness (QED) is 0.743. The molecule has 0 aliphatic carbocycles. The lowest BCUT2D eigenvalue weighted by Gasteiger charge is -2.06. The molecule has 0 saturated heterocycles. The zero-order valence-electron chi connectivity index (χ0n) is 9.17. The number of sulfone groups is 1. The normalized spacial score (nSPS) is 16.2. The Bertz CT molecular complexity index is 766. The minimum atomic E-state index is -3.57. The Labute approximate surface area is 110 Å². The average Bonchev–Trinajstić information content (AvgIpc) is 2.46. The Morgan fingerprint density at radius 1 is 0.889 bits per heavy atom. The van der Waals surface area contributed by atoms with Crippen molar-refractivity contribution in [1.82, 2.24) is 0 Å². The number of hydrogen-bond acceptors (Lipinski definition) is 3. The fourth-order valence-corrected chi connectivity index (χ4v) is 3.84. The van der Waals surface area contributed by atoms with Gasteiger partial charge in [0.25, 0.3) is 0 Å². The first-order valence-electron chi connectivity index (χ1n) is 5.28. The molecule has 2 aromatic carbocycles. The molecular formula is C13H8ClNO2S. The van der Waals surface area contributed by atoms with Crippen LogP contribution < -0.4 is 0 Å². The van der Waals surface area contributed by atoms with Crippen LogP contribution in [0.15, 0.2) is 63.3 Å². The Morgan fingerprint density at radius 3 is 2.28 bits per heavy atom. The summed E-state index contributed by atoms with van der Waals surface area (Å²) in [6.07, 6.45) is 0. The molecule has 2 aromatic rings. The highest BCUT2D eigenvalue weighted by atomic mass is 35.5. The molecule has 0 spiro atoms. The van der Waals surface area contributed by atoms with Gasteiger partial charge in [-0.3, -0.25) is 0 Å². The van der Waals surface area contributed by atoms with E-state index in [9.17, 15) is 8.42 Å². The first-order chi connectivity index (χ1) is 8.60. The molecule has 3 nitrogen and oxygen atoms in total. The van der Waals surface area contributed by atoms with Gasteiger partial charge in [-0.2, -0.15) is 0 Å². The topological polar surface area (TPSA) is 46.5 Å². The maximum Gasteiger partial charge on any atom is 0.209 e. The van der Waals surface area contributed by atoms with Crippen LogP contribution in [-0.4, -0.2) is 13.6 Å². The molecule has 0 saturated carbocycles. The SMILES string of the molecule is O=S1(=O)c2ccccc2N=C(Cl)c2ccccc21. The first kappa shape index (κ1) is 11.4. The Kier molecular flexibility index (Phi) is 2.50. The smallest absolute Gasteiger partial charge is 0.209 e. The van der Waals surface area contributed by atoms with Gasteiger partial charge in [0.15, 0.2) is 0 Å². The molecule has 0 bridgehead atoms. The lowest BCUT2D eigenvalue weighted by molar-refractivity contribution is 0.596. The largest absolute Gasteiger partial charge is 0.235 e. The number of halogens is 1. The van der Waals surface area contributed by atoms with E-state index in [2.05, 4.69) is 4.99 Å². The summed E-state index contributed by atoms with van der Waals surface area (Å²) in [5.41, 5.74) is 0.814. The summed E-state index contributed by atoms with van der Waals surface area (Å²) in [7, 11) is -3.57. The van der Waals surface area contributed by atoms with Crippen molar-refractivity contribution in [2.75, 3.05) is 0 Å². The van der Waals surface area contributed by atoms with Crippen LogP contribution in [0.1, 0.15) is 5.56 Å². The van der Waals surface area contributed by atoms with E-state index >= 15 is 0 Å². The van der Waals surface area contributed by atoms with Gasteiger partial charge in [-0.15, -0.1) is 0 Å². The van der Waals surface area contributed by atoms with Gasteiger partial charge in [0.2, 0.25) is 9.84 Å². The van der Waals surface area contributed by atoms with Crippen molar-refractivity contribution < 1.29 is 8.42 Å². The van der Waals surface area contributed by atoms with Crippen LogP contribution in [0.2, 0.25) is 0 Å². The van der Waals surface area contributed by atoms with Crippen molar-refractivity contribution in [3.8, 4) is 0 Å². The van der Waals surface area contributed by atoms with Crippen LogP contribution >= 0.6 is 11.6 Å². The molecule has 0 fully saturated rings. The minimum Gasteiger partial charge on any atom is -0.235 e. The molecule has 90 valence electrons. The van der Waals surface area contributed by atoms with Gasteiger partial charge in [-0.1, -0.05) is 41.9 Å². The third-order valence-electron chi connectivity index (χ3n) is 2.77. The van der Waals surface area contributed by atoms with Crippen LogP contribution in [0.25, 0.3) is 0 Å². The number of benzene rings is 2. The lowest BCUT2D eigenvalue weighted by Crippen LogP contribution is -2.05. The zero-order chi connectivity index (χ0) is 12.8. The van der Waals surface area contributed by atoms with Crippen LogP contribution in [-0.2, 0) is 9.84 Å². The van der Waals surface area contributed by atoms with E-state index in [1.165, 1.54) is 0 Å². The number of nitrogens with zero attached hydrogens (tertiary/aromatic N) is 1. The van der Waals surface area contributed by atoms with Crippen molar-refractivity contribution in [3.05, 3.63) is 54.1 Å². The van der Waals surface area contributed by atoms with Gasteiger partial charge < -0.3 is 0 Å². The van der Waals surface area contributed by atoms with E-state index in [0.717, 1.165) is 0 Å². The molecule has 0 radical (unpaired) electrons. The second-order valence-electron chi connectivity index (χ2n) is 3.87. The molecular weight excluding hydrogens is 270 g/mol. The number of fused-ring (bicyclic) bond motifs is 2. The van der Waals surface area contributed by atoms with Crippen LogP contribution in [0.5, 0.6) is 0 Å². The average molecular weight is 278 g/mol. The van der Waals surface area contributed by atoms with E-state index in [0.29, 0.717) is 11.3 Å². The molecule has 0 N–H and O–H groups in total. The van der Waals surface area contributed by atoms with Gasteiger partial charge >= 0.3 is 0 Å². The molecule has 1 aliphatic heterocycles. The molecule has 18 heavy (non-hydrogen) atoms. The fourth-order valence-electron chi connectivity index (χ4n) is 1.93. The monoisotopic (exact) mass is 277 g/mol. The summed E-state index contributed by atoms with van der Waals surface area (Å²) in [6, 6.07) is 13.2. The third-order valence-corrected chi connectivity index (χ3v) is 4.92. The van der Waals surface area contributed by atoms with Crippen LogP contribution in [0.4, 0.5) is 5.69 Å². The van der Waals surface area contributed by atoms with Gasteiger partial charge in [0.1, 0.15) is 5.17 Å². The molecule has 0 amide bonds. The predicted molar refractivity (Wildman–Crippen MR) is 70.4 cm³/mol. The second-order valence-corrected chi connectivity index (χ2v) is 6.11. The van der Waals surface area contributed by atoms with E-state index in [4.69, 9.17) is 11.6 Å². The summed E-state index contributed by atoms with van der Waals surface area (Å²) in [6.45, 7) is 0. The summed E-state index contributed by atoms with van der Waals surface area (Å²) in [5.74, 6) is 0. The molecule has 0 atom stereocenters. The first-order valence-corrected chi connectivity index (χ1v) is 7.14. The maximum absolute atomic E-state index is 12.5. The highest BCUT2D eigenvalue weighted by Crippen LogP contribution is 2.35. The number of hydrogen-bond donors (Lipinski definition) is 0. The minimum absolute atomic E-state index is 0.188. The standard InChI is InChI=1S/C13H8ClNO2S/c14-13-9-5-1-3-7-11(9)18(16,17)12-8-4-2-6-10(12)15-13/h1-8H. The van der Waals surface area contributed by atoms with E-state index in [1.807, 2.05) is 0 Å². The summed E-state index contributed by atoms with van der Waals surface area (Å²) < 4.78 is 25.1. The highest BCUT2D eigenvalue weighted by molar-refractivity contribution is 7.91. The highest BCUT2D eigenvalue weighted by Gasteiger charge is 2.27. The summed E-state index contributed by atoms with van der Waals surface area (Å²) in [4.78, 5) is 4.57. The number of para-hydroxylation sites is 1. The van der Waals surface area contributed by atoms with Gasteiger partial charge in [0, 0.05) is 5.56 Å². The van der Waals surface area contributed by atoms with Crippen LogP contribution in [0, 0.1) is 0 Å². The van der Waals surface area contributed by atoms with Crippen molar-refractivity contribution in [3.63, 3.8) is 0 Å². The Hall–Kier alpha value is -1.65. The van der Waals surface area contributed by atoms with Crippen molar-refractivity contribution >= 4 is 32.3 Å². The molecule has 1 aliphatic rings. The maximum atomic E-state index is 12.5. The molecule has 0 unspecified atom stereocenters. The Morgan fingerprint density at radius 2 is 1.50 bits per heavy atom. The van der Waals surface area contributed by atoms with Crippen molar-refractivity contribution in [1.29, 1.82) is 0 Å². The fraction of sp³-hybridized carbons (Fsp3) is 0. The number of rotatable bonds is 0. The molecule has 0 aromatic heterocycles. The predicted octanol–water partition coefficient (Wildman–Crippen LogP) is 3.15. The van der Waals surface area contributed by atoms with Gasteiger partial charge in [0.05, 0.1) is 15.5 Å². The summed E-state index contributed by atoms with van der Waals surface area (Å²) in [5, 5.41) is 0.194. The molecule has 5 heteroatoms. The van der Waals surface area contributed by atoms with E-state index in [-0.39, 0.29) is 15.0 Å². The molecule has 1 heterocycles.